The smallest absolute Gasteiger partial charge is 0.325 e. The SMILES string of the molecule is O=C(CCN1C(=O)NC2(CCCC2)C1=O)OCCOc1ccc(Cl)cc1. The Hall–Kier alpha value is -2.28. The lowest BCUT2D eigenvalue weighted by molar-refractivity contribution is -0.144. The van der Waals surface area contributed by atoms with Crippen molar-refractivity contribution in [1.82, 2.24) is 10.2 Å². The number of benzene rings is 1. The Bertz CT molecular complexity index is 685. The Kier molecular flexibility index (Phi) is 5.66. The summed E-state index contributed by atoms with van der Waals surface area (Å²) in [5.74, 6) is -0.0665. The third-order valence-electron chi connectivity index (χ3n) is 4.67. The molecule has 26 heavy (non-hydrogen) atoms. The van der Waals surface area contributed by atoms with Gasteiger partial charge in [-0.2, -0.15) is 0 Å². The highest BCUT2D eigenvalue weighted by atomic mass is 35.5. The van der Waals surface area contributed by atoms with Crippen LogP contribution < -0.4 is 10.1 Å². The maximum atomic E-state index is 12.5. The van der Waals surface area contributed by atoms with Crippen LogP contribution in [0.5, 0.6) is 5.75 Å². The van der Waals surface area contributed by atoms with Crippen molar-refractivity contribution in [2.45, 2.75) is 37.6 Å². The Balaban J connectivity index is 1.37. The van der Waals surface area contributed by atoms with Crippen LogP contribution in [0.2, 0.25) is 5.02 Å². The molecule has 1 saturated heterocycles. The molecule has 8 heteroatoms. The van der Waals surface area contributed by atoms with Gasteiger partial charge in [0.25, 0.3) is 5.91 Å². The van der Waals surface area contributed by atoms with Crippen molar-refractivity contribution in [2.75, 3.05) is 19.8 Å². The molecule has 1 heterocycles. The molecular weight excluding hydrogens is 360 g/mol. The summed E-state index contributed by atoms with van der Waals surface area (Å²) >= 11 is 5.78. The van der Waals surface area contributed by atoms with Gasteiger partial charge in [0.2, 0.25) is 0 Å². The number of esters is 1. The van der Waals surface area contributed by atoms with Crippen LogP contribution in [0.15, 0.2) is 24.3 Å². The van der Waals surface area contributed by atoms with E-state index in [2.05, 4.69) is 5.32 Å². The second-order valence-electron chi connectivity index (χ2n) is 6.45. The van der Waals surface area contributed by atoms with Gasteiger partial charge in [0, 0.05) is 11.6 Å². The molecule has 2 fully saturated rings. The van der Waals surface area contributed by atoms with Gasteiger partial charge in [0.15, 0.2) is 0 Å². The number of halogens is 1. The van der Waals surface area contributed by atoms with Crippen molar-refractivity contribution < 1.29 is 23.9 Å². The van der Waals surface area contributed by atoms with Crippen LogP contribution in [0.25, 0.3) is 0 Å². The quantitative estimate of drug-likeness (QED) is 0.446. The Morgan fingerprint density at radius 2 is 1.85 bits per heavy atom. The molecule has 7 nitrogen and oxygen atoms in total. The molecule has 0 bridgehead atoms. The number of imide groups is 1. The Morgan fingerprint density at radius 1 is 1.15 bits per heavy atom. The van der Waals surface area contributed by atoms with Crippen molar-refractivity contribution in [3.05, 3.63) is 29.3 Å². The minimum absolute atomic E-state index is 0.0310. The zero-order valence-corrected chi connectivity index (χ0v) is 15.1. The molecule has 1 aromatic carbocycles. The third-order valence-corrected chi connectivity index (χ3v) is 4.92. The lowest BCUT2D eigenvalue weighted by Crippen LogP contribution is -2.44. The first-order valence-electron chi connectivity index (χ1n) is 8.68. The number of urea groups is 1. The second kappa shape index (κ2) is 7.95. The van der Waals surface area contributed by atoms with Crippen LogP contribution in [0.4, 0.5) is 4.79 Å². The predicted molar refractivity (Wildman–Crippen MR) is 94.0 cm³/mol. The standard InChI is InChI=1S/C18H21ClN2O5/c19-13-3-5-14(6-4-13)25-11-12-26-15(22)7-10-21-16(23)18(20-17(21)24)8-1-2-9-18/h3-6H,1-2,7-12H2,(H,20,24). The van der Waals surface area contributed by atoms with E-state index in [-0.39, 0.29) is 32.1 Å². The summed E-state index contributed by atoms with van der Waals surface area (Å²) in [6.07, 6.45) is 3.16. The molecule has 1 spiro atoms. The summed E-state index contributed by atoms with van der Waals surface area (Å²) in [5.41, 5.74) is -0.743. The first-order chi connectivity index (χ1) is 12.5. The van der Waals surface area contributed by atoms with E-state index < -0.39 is 17.5 Å². The molecule has 0 aromatic heterocycles. The zero-order chi connectivity index (χ0) is 18.6. The monoisotopic (exact) mass is 380 g/mol. The number of carbonyl (C=O) groups excluding carboxylic acids is 3. The van der Waals surface area contributed by atoms with E-state index in [1.54, 1.807) is 24.3 Å². The average molecular weight is 381 g/mol. The number of carbonyl (C=O) groups is 3. The van der Waals surface area contributed by atoms with E-state index in [0.29, 0.717) is 23.6 Å². The molecular formula is C18H21ClN2O5. The molecule has 1 N–H and O–H groups in total. The maximum Gasteiger partial charge on any atom is 0.325 e. The Morgan fingerprint density at radius 3 is 2.54 bits per heavy atom. The number of amides is 3. The fourth-order valence-electron chi connectivity index (χ4n) is 3.32. The van der Waals surface area contributed by atoms with Crippen molar-refractivity contribution in [3.8, 4) is 5.75 Å². The molecule has 1 aliphatic heterocycles. The summed E-state index contributed by atoms with van der Waals surface area (Å²) in [5, 5.41) is 3.40. The molecule has 1 saturated carbocycles. The van der Waals surface area contributed by atoms with E-state index in [9.17, 15) is 14.4 Å². The van der Waals surface area contributed by atoms with Crippen molar-refractivity contribution in [3.63, 3.8) is 0 Å². The average Bonchev–Trinajstić information content (AvgIpc) is 3.18. The number of nitrogens with one attached hydrogen (secondary N) is 1. The van der Waals surface area contributed by atoms with E-state index in [1.807, 2.05) is 0 Å². The van der Waals surface area contributed by atoms with E-state index in [0.717, 1.165) is 17.7 Å². The third kappa shape index (κ3) is 4.09. The van der Waals surface area contributed by atoms with Crippen LogP contribution in [-0.2, 0) is 14.3 Å². The number of nitrogens with zero attached hydrogens (tertiary/aromatic N) is 1. The first-order valence-corrected chi connectivity index (χ1v) is 9.06. The largest absolute Gasteiger partial charge is 0.490 e. The lowest BCUT2D eigenvalue weighted by Gasteiger charge is -2.19. The molecule has 0 atom stereocenters. The summed E-state index contributed by atoms with van der Waals surface area (Å²) in [6, 6.07) is 6.44. The highest BCUT2D eigenvalue weighted by Crippen LogP contribution is 2.35. The molecule has 0 unspecified atom stereocenters. The van der Waals surface area contributed by atoms with Crippen LogP contribution in [0, 0.1) is 0 Å². The van der Waals surface area contributed by atoms with Gasteiger partial charge in [0.05, 0.1) is 6.42 Å². The highest BCUT2D eigenvalue weighted by Gasteiger charge is 2.52. The van der Waals surface area contributed by atoms with Crippen LogP contribution in [0.1, 0.15) is 32.1 Å². The number of ether oxygens (including phenoxy) is 2. The van der Waals surface area contributed by atoms with Gasteiger partial charge in [-0.25, -0.2) is 4.79 Å². The minimum Gasteiger partial charge on any atom is -0.490 e. The summed E-state index contributed by atoms with van der Waals surface area (Å²) in [6.45, 7) is 0.328. The van der Waals surface area contributed by atoms with Crippen LogP contribution in [0.3, 0.4) is 0 Å². The molecule has 3 rings (SSSR count). The normalized spacial score (nSPS) is 18.3. The summed E-state index contributed by atoms with van der Waals surface area (Å²) in [7, 11) is 0. The van der Waals surface area contributed by atoms with Gasteiger partial charge in [-0.1, -0.05) is 24.4 Å². The zero-order valence-electron chi connectivity index (χ0n) is 14.3. The number of hydrogen-bond acceptors (Lipinski definition) is 5. The first kappa shape index (κ1) is 18.5. The van der Waals surface area contributed by atoms with Crippen molar-refractivity contribution in [1.29, 1.82) is 0 Å². The van der Waals surface area contributed by atoms with Crippen LogP contribution >= 0.6 is 11.6 Å². The van der Waals surface area contributed by atoms with Crippen LogP contribution in [-0.4, -0.2) is 48.1 Å². The highest BCUT2D eigenvalue weighted by molar-refractivity contribution is 6.30. The van der Waals surface area contributed by atoms with Gasteiger partial charge >= 0.3 is 12.0 Å². The molecule has 0 radical (unpaired) electrons. The van der Waals surface area contributed by atoms with Gasteiger partial charge in [-0.3, -0.25) is 14.5 Å². The van der Waals surface area contributed by atoms with Gasteiger partial charge < -0.3 is 14.8 Å². The number of rotatable bonds is 7. The number of hydrogen-bond donors (Lipinski definition) is 1. The van der Waals surface area contributed by atoms with Crippen molar-refractivity contribution in [2.24, 2.45) is 0 Å². The molecule has 3 amide bonds. The topological polar surface area (TPSA) is 84.9 Å². The fraction of sp³-hybridized carbons (Fsp3) is 0.500. The fourth-order valence-corrected chi connectivity index (χ4v) is 3.44. The maximum absolute atomic E-state index is 12.5. The predicted octanol–water partition coefficient (Wildman–Crippen LogP) is 2.52. The van der Waals surface area contributed by atoms with E-state index in [1.165, 1.54) is 0 Å². The minimum atomic E-state index is -0.743. The molecule has 140 valence electrons. The molecule has 1 aromatic rings. The lowest BCUT2D eigenvalue weighted by atomic mass is 9.98. The van der Waals surface area contributed by atoms with Gasteiger partial charge in [-0.05, 0) is 37.1 Å². The molecule has 1 aliphatic carbocycles. The summed E-state index contributed by atoms with van der Waals surface area (Å²) in [4.78, 5) is 37.4. The van der Waals surface area contributed by atoms with Crippen molar-refractivity contribution >= 4 is 29.5 Å². The Labute approximate surface area is 156 Å². The van der Waals surface area contributed by atoms with E-state index in [4.69, 9.17) is 21.1 Å². The van der Waals surface area contributed by atoms with Gasteiger partial charge in [-0.15, -0.1) is 0 Å². The second-order valence-corrected chi connectivity index (χ2v) is 6.89. The van der Waals surface area contributed by atoms with E-state index >= 15 is 0 Å². The summed E-state index contributed by atoms with van der Waals surface area (Å²) < 4.78 is 10.5. The molecule has 2 aliphatic rings. The van der Waals surface area contributed by atoms with Gasteiger partial charge in [0.1, 0.15) is 24.5 Å².